The van der Waals surface area contributed by atoms with Gasteiger partial charge < -0.3 is 14.8 Å². The van der Waals surface area contributed by atoms with Crippen molar-refractivity contribution in [1.82, 2.24) is 4.90 Å². The van der Waals surface area contributed by atoms with Crippen molar-refractivity contribution in [2.45, 2.75) is 70.1 Å². The molecule has 6 heteroatoms. The maximum atomic E-state index is 13.0. The number of methoxy groups -OCH3 is 1. The third-order valence-corrected chi connectivity index (χ3v) is 8.90. The SMILES string of the molecule is COC(=O)C1=C2Nc3ccccc3[C@]23CCN([C@H]2[C]4[CH][CH][CH][C]4CCC2(C)C)[C@@H]3[C@@H](OC(C)=O)C1. The highest BCUT2D eigenvalue weighted by Crippen LogP contribution is 2.62. The Morgan fingerprint density at radius 1 is 1.14 bits per heavy atom. The van der Waals surface area contributed by atoms with Crippen LogP contribution >= 0.6 is 0 Å². The van der Waals surface area contributed by atoms with Crippen LogP contribution in [-0.4, -0.2) is 48.7 Å². The van der Waals surface area contributed by atoms with E-state index in [2.05, 4.69) is 61.5 Å². The van der Waals surface area contributed by atoms with E-state index in [9.17, 15) is 9.59 Å². The van der Waals surface area contributed by atoms with Crippen LogP contribution in [0.15, 0.2) is 35.5 Å². The average molecular weight is 474 g/mol. The number of para-hydroxylation sites is 1. The van der Waals surface area contributed by atoms with Gasteiger partial charge in [-0.25, -0.2) is 4.79 Å². The van der Waals surface area contributed by atoms with Crippen molar-refractivity contribution in [2.75, 3.05) is 19.0 Å². The number of hydrogen-bond donors (Lipinski definition) is 1. The van der Waals surface area contributed by atoms with Crippen molar-refractivity contribution < 1.29 is 19.1 Å². The average Bonchev–Trinajstić information content (AvgIpc) is 3.53. The summed E-state index contributed by atoms with van der Waals surface area (Å²) >= 11 is 0. The maximum Gasteiger partial charge on any atom is 0.335 e. The van der Waals surface area contributed by atoms with Crippen LogP contribution in [0.4, 0.5) is 5.69 Å². The zero-order valence-corrected chi connectivity index (χ0v) is 20.9. The number of hydrogen-bond acceptors (Lipinski definition) is 6. The van der Waals surface area contributed by atoms with Gasteiger partial charge >= 0.3 is 11.9 Å². The Balaban J connectivity index is 1.54. The van der Waals surface area contributed by atoms with Crippen LogP contribution in [-0.2, 0) is 24.5 Å². The molecule has 6 rings (SSSR count). The van der Waals surface area contributed by atoms with Gasteiger partial charge in [-0.1, -0.05) is 32.0 Å². The number of benzene rings is 1. The van der Waals surface area contributed by atoms with Crippen LogP contribution in [0.5, 0.6) is 0 Å². The van der Waals surface area contributed by atoms with Crippen LogP contribution in [0.1, 0.15) is 52.0 Å². The first-order chi connectivity index (χ1) is 16.8. The van der Waals surface area contributed by atoms with Crippen LogP contribution in [0.25, 0.3) is 0 Å². The Morgan fingerprint density at radius 2 is 1.94 bits per heavy atom. The molecule has 3 fully saturated rings. The molecule has 1 N–H and O–H groups in total. The van der Waals surface area contributed by atoms with E-state index >= 15 is 0 Å². The molecule has 6 nitrogen and oxygen atoms in total. The minimum atomic E-state index is -0.460. The molecule has 4 atom stereocenters. The van der Waals surface area contributed by atoms with Gasteiger partial charge in [0, 0.05) is 43.2 Å². The topological polar surface area (TPSA) is 67.9 Å². The Kier molecular flexibility index (Phi) is 5.33. The van der Waals surface area contributed by atoms with Gasteiger partial charge in [0.25, 0.3) is 0 Å². The van der Waals surface area contributed by atoms with Gasteiger partial charge in [-0.2, -0.15) is 0 Å². The lowest BCUT2D eigenvalue weighted by atomic mass is 9.62. The largest absolute Gasteiger partial charge is 0.466 e. The molecular weight excluding hydrogens is 440 g/mol. The molecule has 2 saturated carbocycles. The highest BCUT2D eigenvalue weighted by molar-refractivity contribution is 5.93. The van der Waals surface area contributed by atoms with E-state index in [0.717, 1.165) is 37.2 Å². The second-order valence-electron chi connectivity index (χ2n) is 11.2. The van der Waals surface area contributed by atoms with E-state index in [1.54, 1.807) is 0 Å². The Labute approximate surface area is 208 Å². The fourth-order valence-electron chi connectivity index (χ4n) is 7.62. The maximum absolute atomic E-state index is 13.0. The van der Waals surface area contributed by atoms with Gasteiger partial charge in [0.2, 0.25) is 0 Å². The van der Waals surface area contributed by atoms with Crippen LogP contribution < -0.4 is 5.32 Å². The molecule has 35 heavy (non-hydrogen) atoms. The van der Waals surface area contributed by atoms with Crippen LogP contribution in [0, 0.1) is 36.5 Å². The molecule has 183 valence electrons. The molecule has 3 aliphatic carbocycles. The molecule has 1 spiro atoms. The van der Waals surface area contributed by atoms with Crippen molar-refractivity contribution in [3.8, 4) is 0 Å². The van der Waals surface area contributed by atoms with Crippen molar-refractivity contribution in [2.24, 2.45) is 5.41 Å². The lowest BCUT2D eigenvalue weighted by Crippen LogP contribution is -2.62. The van der Waals surface area contributed by atoms with E-state index in [1.807, 2.05) is 6.07 Å². The van der Waals surface area contributed by atoms with Gasteiger partial charge in [0.1, 0.15) is 6.10 Å². The number of nitrogens with one attached hydrogen (secondary N) is 1. The molecule has 5 aliphatic rings. The summed E-state index contributed by atoms with van der Waals surface area (Å²) in [6, 6.07) is 8.43. The molecule has 2 heterocycles. The number of nitrogens with zero attached hydrogens (tertiary/aromatic N) is 1. The molecular formula is C29H33N2O4. The standard InChI is InChI=1S/C29H33N2O4/c1-17(32)35-23-16-20(27(33)34-4)24-29(21-10-5-6-11-22(21)30-24)14-15-31(26(23)29)25-19-9-7-8-18(19)12-13-28(25,2)3/h5-11,23,25-26,30H,12-16H2,1-4H3/t23-,25-,26+,29+/m0/s1. The smallest absolute Gasteiger partial charge is 0.335 e. The highest BCUT2D eigenvalue weighted by atomic mass is 16.5. The van der Waals surface area contributed by atoms with Gasteiger partial charge in [-0.3, -0.25) is 9.69 Å². The predicted molar refractivity (Wildman–Crippen MR) is 132 cm³/mol. The molecule has 0 bridgehead atoms. The van der Waals surface area contributed by atoms with E-state index in [0.29, 0.717) is 12.0 Å². The lowest BCUT2D eigenvalue weighted by Gasteiger charge is -2.54. The minimum absolute atomic E-state index is 0.0612. The fourth-order valence-corrected chi connectivity index (χ4v) is 7.62. The van der Waals surface area contributed by atoms with E-state index in [1.165, 1.54) is 31.4 Å². The Morgan fingerprint density at radius 3 is 2.71 bits per heavy atom. The van der Waals surface area contributed by atoms with Crippen molar-refractivity contribution in [3.05, 3.63) is 72.2 Å². The summed E-state index contributed by atoms with van der Waals surface area (Å²) in [6.07, 6.45) is 9.62. The van der Waals surface area contributed by atoms with E-state index < -0.39 is 11.5 Å². The van der Waals surface area contributed by atoms with E-state index in [-0.39, 0.29) is 29.4 Å². The van der Waals surface area contributed by atoms with Gasteiger partial charge in [0.15, 0.2) is 0 Å². The summed E-state index contributed by atoms with van der Waals surface area (Å²) in [5.74, 6) is 2.14. The number of carbonyl (C=O) groups is 2. The predicted octanol–water partition coefficient (Wildman–Crippen LogP) is 4.15. The third-order valence-electron chi connectivity index (χ3n) is 8.90. The number of rotatable bonds is 3. The third kappa shape index (κ3) is 3.24. The summed E-state index contributed by atoms with van der Waals surface area (Å²) in [4.78, 5) is 28.0. The fraction of sp³-hybridized carbons (Fsp3) is 0.483. The molecule has 0 amide bonds. The van der Waals surface area contributed by atoms with Crippen LogP contribution in [0.3, 0.4) is 0 Å². The van der Waals surface area contributed by atoms with Gasteiger partial charge in [-0.15, -0.1) is 0 Å². The summed E-state index contributed by atoms with van der Waals surface area (Å²) < 4.78 is 11.3. The lowest BCUT2D eigenvalue weighted by molar-refractivity contribution is -0.153. The first kappa shape index (κ1) is 23.1. The van der Waals surface area contributed by atoms with Gasteiger partial charge in [-0.05, 0) is 61.5 Å². The highest BCUT2D eigenvalue weighted by Gasteiger charge is 2.65. The number of esters is 2. The second kappa shape index (κ2) is 8.09. The molecule has 1 saturated heterocycles. The zero-order valence-electron chi connectivity index (χ0n) is 20.9. The van der Waals surface area contributed by atoms with E-state index in [4.69, 9.17) is 9.47 Å². The number of carbonyl (C=O) groups excluding carboxylic acids is 2. The number of ether oxygens (including phenoxy) is 2. The summed E-state index contributed by atoms with van der Waals surface area (Å²) in [6.45, 7) is 7.04. The number of likely N-dealkylation sites (tertiary alicyclic amines) is 1. The molecule has 1 aromatic rings. The zero-order chi connectivity index (χ0) is 24.5. The molecule has 0 unspecified atom stereocenters. The summed E-state index contributed by atoms with van der Waals surface area (Å²) in [5.41, 5.74) is 3.32. The quantitative estimate of drug-likeness (QED) is 0.666. The monoisotopic (exact) mass is 473 g/mol. The second-order valence-corrected chi connectivity index (χ2v) is 11.2. The minimum Gasteiger partial charge on any atom is -0.466 e. The van der Waals surface area contributed by atoms with Gasteiger partial charge in [0.05, 0.1) is 24.1 Å². The number of fused-ring (bicyclic) bond motifs is 2. The first-order valence-electron chi connectivity index (χ1n) is 12.6. The number of anilines is 1. The molecule has 2 aliphatic heterocycles. The van der Waals surface area contributed by atoms with Crippen molar-refractivity contribution in [3.63, 3.8) is 0 Å². The van der Waals surface area contributed by atoms with Crippen LogP contribution in [0.2, 0.25) is 0 Å². The molecule has 5 radical (unpaired) electrons. The summed E-state index contributed by atoms with van der Waals surface area (Å²) in [7, 11) is 1.42. The Hall–Kier alpha value is -2.34. The normalized spacial score (nSPS) is 34.0. The molecule has 0 aromatic heterocycles. The first-order valence-corrected chi connectivity index (χ1v) is 12.6. The van der Waals surface area contributed by atoms with Crippen molar-refractivity contribution >= 4 is 17.6 Å². The van der Waals surface area contributed by atoms with Crippen molar-refractivity contribution in [1.29, 1.82) is 0 Å². The summed E-state index contributed by atoms with van der Waals surface area (Å²) in [5, 5.41) is 3.61. The Bertz CT molecular complexity index is 1090. The molecule has 1 aromatic carbocycles.